The summed E-state index contributed by atoms with van der Waals surface area (Å²) in [7, 11) is 0. The topological polar surface area (TPSA) is 110 Å². The van der Waals surface area contributed by atoms with Gasteiger partial charge in [0.2, 0.25) is 5.76 Å². The van der Waals surface area contributed by atoms with E-state index >= 15 is 0 Å². The van der Waals surface area contributed by atoms with Crippen molar-refractivity contribution in [1.82, 2.24) is 15.6 Å². The number of esters is 1. The second-order valence-corrected chi connectivity index (χ2v) is 5.07. The molecule has 0 fully saturated rings. The summed E-state index contributed by atoms with van der Waals surface area (Å²) >= 11 is 0. The van der Waals surface area contributed by atoms with Crippen molar-refractivity contribution in [3.63, 3.8) is 0 Å². The van der Waals surface area contributed by atoms with Crippen LogP contribution in [0.1, 0.15) is 32.3 Å². The molecule has 2 aromatic heterocycles. The average molecular weight is 338 g/mol. The van der Waals surface area contributed by atoms with Crippen molar-refractivity contribution in [3.8, 4) is 5.75 Å². The molecule has 0 aliphatic rings. The van der Waals surface area contributed by atoms with E-state index in [4.69, 9.17) is 9.15 Å². The van der Waals surface area contributed by atoms with Gasteiger partial charge in [-0.25, -0.2) is 10.2 Å². The molecule has 3 rings (SSSR count). The zero-order chi connectivity index (χ0) is 17.6. The molecule has 0 bridgehead atoms. The molecule has 0 aliphatic carbocycles. The van der Waals surface area contributed by atoms with Gasteiger partial charge in [-0.2, -0.15) is 10.2 Å². The molecule has 0 saturated heterocycles. The van der Waals surface area contributed by atoms with Crippen LogP contribution in [0.3, 0.4) is 0 Å². The van der Waals surface area contributed by atoms with Crippen molar-refractivity contribution in [2.45, 2.75) is 6.92 Å². The van der Waals surface area contributed by atoms with E-state index in [1.807, 2.05) is 0 Å². The largest absolute Gasteiger partial charge is 0.457 e. The number of nitrogens with one attached hydrogen (secondary N) is 2. The summed E-state index contributed by atoms with van der Waals surface area (Å²) in [6.45, 7) is 1.80. The number of hydrazone groups is 1. The smallest absolute Gasteiger partial charge is 0.379 e. The number of hydrogen-bond donors (Lipinski definition) is 2. The molecule has 2 heterocycles. The summed E-state index contributed by atoms with van der Waals surface area (Å²) in [6.07, 6.45) is 2.87. The Morgan fingerprint density at radius 2 is 2.08 bits per heavy atom. The van der Waals surface area contributed by atoms with Crippen molar-refractivity contribution >= 4 is 18.1 Å². The van der Waals surface area contributed by atoms with E-state index in [1.165, 1.54) is 18.5 Å². The van der Waals surface area contributed by atoms with Gasteiger partial charge in [-0.3, -0.25) is 9.89 Å². The minimum atomic E-state index is -0.576. The predicted octanol–water partition coefficient (Wildman–Crippen LogP) is 2.29. The number of nitrogens with zero attached hydrogens (tertiary/aromatic N) is 2. The molecule has 0 radical (unpaired) electrons. The van der Waals surface area contributed by atoms with Gasteiger partial charge < -0.3 is 9.15 Å². The maximum absolute atomic E-state index is 11.8. The van der Waals surface area contributed by atoms with Gasteiger partial charge in [0.25, 0.3) is 5.91 Å². The van der Waals surface area contributed by atoms with Crippen LogP contribution in [0.5, 0.6) is 5.75 Å². The van der Waals surface area contributed by atoms with Crippen LogP contribution in [-0.2, 0) is 0 Å². The van der Waals surface area contributed by atoms with Crippen molar-refractivity contribution < 1.29 is 18.7 Å². The summed E-state index contributed by atoms with van der Waals surface area (Å²) in [5.41, 5.74) is 4.14. The van der Waals surface area contributed by atoms with Crippen LogP contribution in [0.2, 0.25) is 0 Å². The minimum absolute atomic E-state index is 0.127. The summed E-state index contributed by atoms with van der Waals surface area (Å²) in [4.78, 5) is 23.5. The van der Waals surface area contributed by atoms with Crippen LogP contribution in [0, 0.1) is 6.92 Å². The van der Waals surface area contributed by atoms with Crippen molar-refractivity contribution in [2.24, 2.45) is 5.10 Å². The third kappa shape index (κ3) is 4.20. The molecule has 1 amide bonds. The number of hydrogen-bond acceptors (Lipinski definition) is 6. The third-order valence-electron chi connectivity index (χ3n) is 3.13. The Labute approximate surface area is 142 Å². The van der Waals surface area contributed by atoms with E-state index in [2.05, 4.69) is 20.7 Å². The molecule has 0 spiro atoms. The molecule has 1 aromatic carbocycles. The fraction of sp³-hybridized carbons (Fsp3) is 0.0588. The highest BCUT2D eigenvalue weighted by Gasteiger charge is 2.11. The number of aryl methyl sites for hydroxylation is 1. The molecule has 8 nitrogen and oxygen atoms in total. The minimum Gasteiger partial charge on any atom is -0.457 e. The molecule has 0 aliphatic heterocycles. The van der Waals surface area contributed by atoms with E-state index in [0.717, 1.165) is 11.3 Å². The Morgan fingerprint density at radius 1 is 1.28 bits per heavy atom. The number of carbonyl (C=O) groups is 2. The lowest BCUT2D eigenvalue weighted by molar-refractivity contribution is 0.0701. The van der Waals surface area contributed by atoms with E-state index in [1.54, 1.807) is 43.3 Å². The van der Waals surface area contributed by atoms with Crippen LogP contribution in [0.15, 0.2) is 58.2 Å². The highest BCUT2D eigenvalue weighted by atomic mass is 16.5. The molecule has 0 unspecified atom stereocenters. The Kier molecular flexibility index (Phi) is 4.70. The van der Waals surface area contributed by atoms with Gasteiger partial charge in [-0.05, 0) is 55.0 Å². The highest BCUT2D eigenvalue weighted by Crippen LogP contribution is 2.13. The van der Waals surface area contributed by atoms with Crippen LogP contribution >= 0.6 is 0 Å². The predicted molar refractivity (Wildman–Crippen MR) is 88.5 cm³/mol. The van der Waals surface area contributed by atoms with Gasteiger partial charge in [0.15, 0.2) is 5.69 Å². The summed E-state index contributed by atoms with van der Waals surface area (Å²) in [5.74, 6) is -0.492. The van der Waals surface area contributed by atoms with Crippen molar-refractivity contribution in [1.29, 1.82) is 0 Å². The normalized spacial score (nSPS) is 10.8. The lowest BCUT2D eigenvalue weighted by atomic mass is 10.2. The SMILES string of the molecule is Cc1cc(C(=O)N/N=C\c2ccc(OC(=O)c3ccco3)cc2)n[nH]1. The summed E-state index contributed by atoms with van der Waals surface area (Å²) < 4.78 is 10.1. The van der Waals surface area contributed by atoms with Crippen LogP contribution in [0.25, 0.3) is 0 Å². The van der Waals surface area contributed by atoms with E-state index in [-0.39, 0.29) is 11.5 Å². The van der Waals surface area contributed by atoms with Crippen LogP contribution < -0.4 is 10.2 Å². The Bertz CT molecular complexity index is 895. The van der Waals surface area contributed by atoms with Gasteiger partial charge in [-0.1, -0.05) is 0 Å². The number of furan rings is 1. The molecule has 0 atom stereocenters. The van der Waals surface area contributed by atoms with Gasteiger partial charge in [0.1, 0.15) is 5.75 Å². The lowest BCUT2D eigenvalue weighted by Crippen LogP contribution is -2.18. The molecule has 2 N–H and O–H groups in total. The molecular formula is C17H14N4O4. The lowest BCUT2D eigenvalue weighted by Gasteiger charge is -2.02. The van der Waals surface area contributed by atoms with Crippen molar-refractivity contribution in [3.05, 3.63) is 71.4 Å². The third-order valence-corrected chi connectivity index (χ3v) is 3.13. The van der Waals surface area contributed by atoms with Gasteiger partial charge in [0.05, 0.1) is 12.5 Å². The first kappa shape index (κ1) is 16.2. The van der Waals surface area contributed by atoms with Crippen molar-refractivity contribution in [2.75, 3.05) is 0 Å². The molecule has 25 heavy (non-hydrogen) atoms. The van der Waals surface area contributed by atoms with E-state index < -0.39 is 11.9 Å². The first-order chi connectivity index (χ1) is 12.1. The standard InChI is InChI=1S/C17H14N4O4/c1-11-9-14(20-19-11)16(22)21-18-10-12-4-6-13(7-5-12)25-17(23)15-3-2-8-24-15/h2-10H,1H3,(H,19,20)(H,21,22)/b18-10-. The van der Waals surface area contributed by atoms with Gasteiger partial charge in [0, 0.05) is 5.69 Å². The van der Waals surface area contributed by atoms with Gasteiger partial charge >= 0.3 is 5.97 Å². The number of carbonyl (C=O) groups excluding carboxylic acids is 2. The Hall–Kier alpha value is -3.68. The summed E-state index contributed by atoms with van der Waals surface area (Å²) in [5, 5.41) is 10.4. The van der Waals surface area contributed by atoms with Gasteiger partial charge in [-0.15, -0.1) is 0 Å². The van der Waals surface area contributed by atoms with E-state index in [0.29, 0.717) is 5.75 Å². The number of rotatable bonds is 5. The molecular weight excluding hydrogens is 324 g/mol. The Balaban J connectivity index is 1.55. The zero-order valence-corrected chi connectivity index (χ0v) is 13.2. The van der Waals surface area contributed by atoms with Crippen LogP contribution in [-0.4, -0.2) is 28.3 Å². The van der Waals surface area contributed by atoms with Crippen LogP contribution in [0.4, 0.5) is 0 Å². The molecule has 0 saturated carbocycles. The monoisotopic (exact) mass is 338 g/mol. The first-order valence-electron chi connectivity index (χ1n) is 7.33. The fourth-order valence-electron chi connectivity index (χ4n) is 1.93. The molecule has 3 aromatic rings. The second kappa shape index (κ2) is 7.26. The zero-order valence-electron chi connectivity index (χ0n) is 13.2. The number of H-pyrrole nitrogens is 1. The molecule has 8 heteroatoms. The number of aromatic amines is 1. The average Bonchev–Trinajstić information content (AvgIpc) is 3.28. The number of benzene rings is 1. The van der Waals surface area contributed by atoms with E-state index in [9.17, 15) is 9.59 Å². The summed E-state index contributed by atoms with van der Waals surface area (Å²) in [6, 6.07) is 11.4. The fourth-order valence-corrected chi connectivity index (χ4v) is 1.93. The molecule has 126 valence electrons. The first-order valence-corrected chi connectivity index (χ1v) is 7.33. The number of aromatic nitrogens is 2. The number of amides is 1. The highest BCUT2D eigenvalue weighted by molar-refractivity contribution is 5.93. The number of ether oxygens (including phenoxy) is 1. The maximum atomic E-state index is 11.8. The Morgan fingerprint density at radius 3 is 2.72 bits per heavy atom. The second-order valence-electron chi connectivity index (χ2n) is 5.07. The quantitative estimate of drug-likeness (QED) is 0.321. The maximum Gasteiger partial charge on any atom is 0.379 e.